The summed E-state index contributed by atoms with van der Waals surface area (Å²) in [6.07, 6.45) is 2.59. The summed E-state index contributed by atoms with van der Waals surface area (Å²) in [5.41, 5.74) is 6.24. The summed E-state index contributed by atoms with van der Waals surface area (Å²) < 4.78 is 0. The number of likely N-dealkylation sites (tertiary alicyclic amines) is 1. The van der Waals surface area contributed by atoms with Crippen LogP contribution in [-0.4, -0.2) is 23.5 Å². The molecule has 2 N–H and O–H groups in total. The van der Waals surface area contributed by atoms with Crippen molar-refractivity contribution < 1.29 is 0 Å². The Bertz CT molecular complexity index is 305. The van der Waals surface area contributed by atoms with E-state index in [2.05, 4.69) is 36.3 Å². The van der Waals surface area contributed by atoms with Crippen LogP contribution in [0.4, 0.5) is 0 Å². The van der Waals surface area contributed by atoms with Crippen LogP contribution in [0.2, 0.25) is 0 Å². The molecule has 1 aliphatic heterocycles. The van der Waals surface area contributed by atoms with E-state index in [0.29, 0.717) is 11.6 Å². The Balaban J connectivity index is 2.20. The molecule has 3 heteroatoms. The van der Waals surface area contributed by atoms with Crippen molar-refractivity contribution in [2.45, 2.75) is 38.3 Å². The van der Waals surface area contributed by atoms with Crippen LogP contribution in [0.15, 0.2) is 17.5 Å². The molecule has 0 bridgehead atoms. The highest BCUT2D eigenvalue weighted by molar-refractivity contribution is 7.10. The first-order valence-corrected chi connectivity index (χ1v) is 6.53. The molecule has 0 saturated carbocycles. The highest BCUT2D eigenvalue weighted by Gasteiger charge is 2.36. The Morgan fingerprint density at radius 1 is 1.60 bits per heavy atom. The number of hydrogen-bond acceptors (Lipinski definition) is 3. The fourth-order valence-electron chi connectivity index (χ4n) is 2.58. The van der Waals surface area contributed by atoms with E-state index in [4.69, 9.17) is 5.73 Å². The molecular formula is C12H20N2S. The minimum atomic E-state index is 0.314. The molecule has 2 heterocycles. The lowest BCUT2D eigenvalue weighted by Crippen LogP contribution is -2.43. The van der Waals surface area contributed by atoms with E-state index < -0.39 is 0 Å². The highest BCUT2D eigenvalue weighted by Crippen LogP contribution is 2.37. The Labute approximate surface area is 96.1 Å². The maximum Gasteiger partial charge on any atom is 0.0569 e. The van der Waals surface area contributed by atoms with Crippen LogP contribution in [0.3, 0.4) is 0 Å². The third-order valence-corrected chi connectivity index (χ3v) is 4.41. The number of hydrogen-bond donors (Lipinski definition) is 1. The maximum atomic E-state index is 5.93. The van der Waals surface area contributed by atoms with E-state index >= 15 is 0 Å². The molecule has 1 fully saturated rings. The lowest BCUT2D eigenvalue weighted by atomic mass is 10.00. The van der Waals surface area contributed by atoms with Gasteiger partial charge in [0.25, 0.3) is 0 Å². The Morgan fingerprint density at radius 2 is 2.40 bits per heavy atom. The number of thiophene rings is 1. The summed E-state index contributed by atoms with van der Waals surface area (Å²) in [6.45, 7) is 6.57. The molecule has 0 aromatic carbocycles. The standard InChI is InChI=1S/C12H20N2S/c1-12(2)6-4-7-14(12)10(9-13)11-5-3-8-15-11/h3,5,8,10H,4,6-7,9,13H2,1-2H3. The normalized spacial score (nSPS) is 23.1. The van der Waals surface area contributed by atoms with E-state index in [9.17, 15) is 0 Å². The van der Waals surface area contributed by atoms with Gasteiger partial charge in [0.1, 0.15) is 0 Å². The van der Waals surface area contributed by atoms with Crippen molar-refractivity contribution in [3.8, 4) is 0 Å². The fourth-order valence-corrected chi connectivity index (χ4v) is 3.44. The van der Waals surface area contributed by atoms with Gasteiger partial charge in [0.05, 0.1) is 6.04 Å². The number of nitrogens with zero attached hydrogens (tertiary/aromatic N) is 1. The van der Waals surface area contributed by atoms with Gasteiger partial charge in [-0.05, 0) is 44.7 Å². The predicted molar refractivity (Wildman–Crippen MR) is 66.1 cm³/mol. The third-order valence-electron chi connectivity index (χ3n) is 3.44. The van der Waals surface area contributed by atoms with Gasteiger partial charge in [-0.1, -0.05) is 6.07 Å². The number of rotatable bonds is 3. The van der Waals surface area contributed by atoms with Gasteiger partial charge in [-0.15, -0.1) is 11.3 Å². The van der Waals surface area contributed by atoms with E-state index in [1.165, 1.54) is 24.3 Å². The SMILES string of the molecule is CC1(C)CCCN1C(CN)c1cccs1. The molecular weight excluding hydrogens is 204 g/mol. The molecule has 0 aliphatic carbocycles. The van der Waals surface area contributed by atoms with Gasteiger partial charge < -0.3 is 5.73 Å². The molecule has 0 amide bonds. The van der Waals surface area contributed by atoms with Crippen molar-refractivity contribution in [2.75, 3.05) is 13.1 Å². The molecule has 1 aliphatic rings. The second kappa shape index (κ2) is 4.24. The van der Waals surface area contributed by atoms with Gasteiger partial charge in [-0.25, -0.2) is 0 Å². The van der Waals surface area contributed by atoms with Crippen molar-refractivity contribution in [3.05, 3.63) is 22.4 Å². The van der Waals surface area contributed by atoms with Gasteiger partial charge >= 0.3 is 0 Å². The zero-order valence-electron chi connectivity index (χ0n) is 9.57. The zero-order valence-corrected chi connectivity index (χ0v) is 10.4. The molecule has 84 valence electrons. The Morgan fingerprint density at radius 3 is 2.87 bits per heavy atom. The second-order valence-corrected chi connectivity index (χ2v) is 5.86. The molecule has 15 heavy (non-hydrogen) atoms. The summed E-state index contributed by atoms with van der Waals surface area (Å²) in [5.74, 6) is 0. The van der Waals surface area contributed by atoms with Gasteiger partial charge in [-0.2, -0.15) is 0 Å². The quantitative estimate of drug-likeness (QED) is 0.855. The molecule has 0 radical (unpaired) electrons. The zero-order chi connectivity index (χ0) is 10.9. The second-order valence-electron chi connectivity index (χ2n) is 4.88. The smallest absolute Gasteiger partial charge is 0.0569 e. The molecule has 1 saturated heterocycles. The van der Waals surface area contributed by atoms with Crippen molar-refractivity contribution in [1.29, 1.82) is 0 Å². The van der Waals surface area contributed by atoms with Gasteiger partial charge in [0.15, 0.2) is 0 Å². The van der Waals surface area contributed by atoms with E-state index in [1.54, 1.807) is 0 Å². The van der Waals surface area contributed by atoms with Crippen LogP contribution in [0.25, 0.3) is 0 Å². The van der Waals surface area contributed by atoms with Crippen molar-refractivity contribution in [2.24, 2.45) is 5.73 Å². The van der Waals surface area contributed by atoms with E-state index in [0.717, 1.165) is 6.54 Å². The minimum Gasteiger partial charge on any atom is -0.329 e. The molecule has 1 atom stereocenters. The molecule has 1 aromatic heterocycles. The van der Waals surface area contributed by atoms with Crippen LogP contribution in [0.5, 0.6) is 0 Å². The van der Waals surface area contributed by atoms with E-state index in [-0.39, 0.29) is 0 Å². The maximum absolute atomic E-state index is 5.93. The average Bonchev–Trinajstić information content (AvgIpc) is 2.78. The monoisotopic (exact) mass is 224 g/mol. The summed E-state index contributed by atoms with van der Waals surface area (Å²) in [4.78, 5) is 3.98. The summed E-state index contributed by atoms with van der Waals surface area (Å²) in [7, 11) is 0. The fraction of sp³-hybridized carbons (Fsp3) is 0.667. The van der Waals surface area contributed by atoms with Crippen molar-refractivity contribution >= 4 is 11.3 Å². The molecule has 1 unspecified atom stereocenters. The summed E-state index contributed by atoms with van der Waals surface area (Å²) in [6, 6.07) is 4.74. The molecule has 0 spiro atoms. The largest absolute Gasteiger partial charge is 0.329 e. The predicted octanol–water partition coefficient (Wildman–Crippen LogP) is 2.62. The van der Waals surface area contributed by atoms with Crippen LogP contribution in [0, 0.1) is 0 Å². The topological polar surface area (TPSA) is 29.3 Å². The average molecular weight is 224 g/mol. The van der Waals surface area contributed by atoms with Crippen LogP contribution in [-0.2, 0) is 0 Å². The highest BCUT2D eigenvalue weighted by atomic mass is 32.1. The van der Waals surface area contributed by atoms with Crippen molar-refractivity contribution in [3.63, 3.8) is 0 Å². The first kappa shape index (κ1) is 11.1. The van der Waals surface area contributed by atoms with Crippen LogP contribution in [0.1, 0.15) is 37.6 Å². The van der Waals surface area contributed by atoms with Crippen LogP contribution < -0.4 is 5.73 Å². The molecule has 2 rings (SSSR count). The van der Waals surface area contributed by atoms with Gasteiger partial charge in [0.2, 0.25) is 0 Å². The van der Waals surface area contributed by atoms with E-state index in [1.807, 2.05) is 11.3 Å². The molecule has 2 nitrogen and oxygen atoms in total. The Kier molecular flexibility index (Phi) is 3.14. The summed E-state index contributed by atoms with van der Waals surface area (Å²) in [5, 5.41) is 2.14. The minimum absolute atomic E-state index is 0.314. The number of nitrogens with two attached hydrogens (primary N) is 1. The summed E-state index contributed by atoms with van der Waals surface area (Å²) >= 11 is 1.82. The van der Waals surface area contributed by atoms with Gasteiger partial charge in [0, 0.05) is 17.0 Å². The first-order chi connectivity index (χ1) is 7.15. The van der Waals surface area contributed by atoms with Gasteiger partial charge in [-0.3, -0.25) is 4.90 Å². The lowest BCUT2D eigenvalue weighted by Gasteiger charge is -2.37. The Hall–Kier alpha value is -0.380. The first-order valence-electron chi connectivity index (χ1n) is 5.65. The van der Waals surface area contributed by atoms with Crippen LogP contribution >= 0.6 is 11.3 Å². The third kappa shape index (κ3) is 2.10. The lowest BCUT2D eigenvalue weighted by molar-refractivity contribution is 0.121. The molecule has 1 aromatic rings. The van der Waals surface area contributed by atoms with Crippen molar-refractivity contribution in [1.82, 2.24) is 4.90 Å².